The summed E-state index contributed by atoms with van der Waals surface area (Å²) in [6.07, 6.45) is -0.313. The number of alkyl halides is 3. The number of carbonyl (C=O) groups excluding carboxylic acids is 1. The lowest BCUT2D eigenvalue weighted by molar-refractivity contribution is -0.137. The van der Waals surface area contributed by atoms with Gasteiger partial charge in [0, 0.05) is 56.6 Å². The molecule has 4 aromatic rings. The monoisotopic (exact) mass is 478 g/mol. The van der Waals surface area contributed by atoms with E-state index in [1.165, 1.54) is 12.1 Å². The molecule has 2 aromatic heterocycles. The number of imidazole rings is 1. The normalized spacial score (nSPS) is 15.4. The van der Waals surface area contributed by atoms with Gasteiger partial charge in [0.2, 0.25) is 5.91 Å². The van der Waals surface area contributed by atoms with Crippen LogP contribution in [0.25, 0.3) is 5.65 Å². The maximum atomic E-state index is 13.4. The molecule has 0 spiro atoms. The number of anilines is 1. The van der Waals surface area contributed by atoms with Crippen molar-refractivity contribution in [1.82, 2.24) is 14.3 Å². The van der Waals surface area contributed by atoms with E-state index >= 15 is 0 Å². The molecule has 180 valence electrons. The lowest BCUT2D eigenvalue weighted by Crippen LogP contribution is -2.49. The molecule has 3 heterocycles. The standard InChI is InChI=1S/C27H25F3N4O/c28-27(29,30)21-9-6-10-22(17-21)32-13-15-33(16-14-32)26(35)18-23(20-7-2-1-3-8-20)24-19-31-25-11-4-5-12-34(24)25/h1-12,17,19,23H,13-16,18H2. The van der Waals surface area contributed by atoms with Gasteiger partial charge in [0.05, 0.1) is 11.3 Å². The van der Waals surface area contributed by atoms with Crippen LogP contribution in [0.3, 0.4) is 0 Å². The molecule has 0 bridgehead atoms. The van der Waals surface area contributed by atoms with Crippen molar-refractivity contribution in [3.8, 4) is 0 Å². The SMILES string of the molecule is O=C(CC(c1ccccc1)c1cnc2ccccn12)N1CCN(c2cccc(C(F)(F)F)c2)CC1. The van der Waals surface area contributed by atoms with Crippen molar-refractivity contribution < 1.29 is 18.0 Å². The Hall–Kier alpha value is -3.81. The van der Waals surface area contributed by atoms with Crippen LogP contribution in [0.1, 0.15) is 29.2 Å². The fourth-order valence-electron chi connectivity index (χ4n) is 4.69. The van der Waals surface area contributed by atoms with E-state index in [0.717, 1.165) is 23.0 Å². The Morgan fingerprint density at radius 1 is 0.914 bits per heavy atom. The first kappa shape index (κ1) is 23.0. The van der Waals surface area contributed by atoms with Crippen molar-refractivity contribution in [2.45, 2.75) is 18.5 Å². The summed E-state index contributed by atoms with van der Waals surface area (Å²) in [5, 5.41) is 0. The molecule has 0 N–H and O–H groups in total. The van der Waals surface area contributed by atoms with E-state index in [2.05, 4.69) is 4.98 Å². The zero-order valence-corrected chi connectivity index (χ0v) is 19.0. The number of piperazine rings is 1. The molecule has 8 heteroatoms. The highest BCUT2D eigenvalue weighted by molar-refractivity contribution is 5.78. The largest absolute Gasteiger partial charge is 0.416 e. The molecule has 1 aliphatic rings. The van der Waals surface area contributed by atoms with E-state index < -0.39 is 11.7 Å². The summed E-state index contributed by atoms with van der Waals surface area (Å²) in [6.45, 7) is 1.89. The molecular formula is C27H25F3N4O. The Balaban J connectivity index is 1.31. The third-order valence-corrected chi connectivity index (χ3v) is 6.55. The van der Waals surface area contributed by atoms with Gasteiger partial charge in [-0.1, -0.05) is 42.5 Å². The molecule has 0 radical (unpaired) electrons. The predicted octanol–water partition coefficient (Wildman–Crippen LogP) is 5.22. The van der Waals surface area contributed by atoms with Gasteiger partial charge in [0.1, 0.15) is 5.65 Å². The van der Waals surface area contributed by atoms with E-state index in [9.17, 15) is 18.0 Å². The summed E-state index contributed by atoms with van der Waals surface area (Å²) in [6, 6.07) is 21.1. The Morgan fingerprint density at radius 2 is 1.66 bits per heavy atom. The second-order valence-electron chi connectivity index (χ2n) is 8.70. The Bertz CT molecular complexity index is 1310. The van der Waals surface area contributed by atoms with Gasteiger partial charge in [-0.15, -0.1) is 0 Å². The summed E-state index contributed by atoms with van der Waals surface area (Å²) in [5.74, 6) is -0.143. The number of halogens is 3. The first-order valence-corrected chi connectivity index (χ1v) is 11.6. The van der Waals surface area contributed by atoms with E-state index in [0.29, 0.717) is 31.9 Å². The van der Waals surface area contributed by atoms with Crippen molar-refractivity contribution in [2.24, 2.45) is 0 Å². The molecule has 1 fully saturated rings. The topological polar surface area (TPSA) is 40.9 Å². The first-order chi connectivity index (χ1) is 16.9. The summed E-state index contributed by atoms with van der Waals surface area (Å²) in [7, 11) is 0. The van der Waals surface area contributed by atoms with E-state index in [1.807, 2.05) is 75.1 Å². The van der Waals surface area contributed by atoms with Crippen LogP contribution in [0.15, 0.2) is 85.2 Å². The number of aromatic nitrogens is 2. The molecular weight excluding hydrogens is 453 g/mol. The highest BCUT2D eigenvalue weighted by Gasteiger charge is 2.32. The number of pyridine rings is 1. The van der Waals surface area contributed by atoms with Crippen molar-refractivity contribution in [3.05, 3.63) is 102 Å². The lowest BCUT2D eigenvalue weighted by Gasteiger charge is -2.37. The second kappa shape index (κ2) is 9.44. The Labute approximate surface area is 201 Å². The van der Waals surface area contributed by atoms with E-state index in [-0.39, 0.29) is 18.2 Å². The van der Waals surface area contributed by atoms with Crippen LogP contribution < -0.4 is 4.90 Å². The number of amides is 1. The van der Waals surface area contributed by atoms with Crippen LogP contribution >= 0.6 is 0 Å². The van der Waals surface area contributed by atoms with Crippen LogP contribution in [0.5, 0.6) is 0 Å². The van der Waals surface area contributed by atoms with Crippen molar-refractivity contribution in [1.29, 1.82) is 0 Å². The van der Waals surface area contributed by atoms with Gasteiger partial charge in [-0.3, -0.25) is 4.79 Å². The third-order valence-electron chi connectivity index (χ3n) is 6.55. The van der Waals surface area contributed by atoms with Crippen molar-refractivity contribution >= 4 is 17.2 Å². The molecule has 0 saturated carbocycles. The van der Waals surface area contributed by atoms with Crippen LogP contribution in [-0.2, 0) is 11.0 Å². The summed E-state index contributed by atoms with van der Waals surface area (Å²) in [4.78, 5) is 21.6. The zero-order valence-electron chi connectivity index (χ0n) is 19.0. The molecule has 5 nitrogen and oxygen atoms in total. The third kappa shape index (κ3) is 4.87. The minimum Gasteiger partial charge on any atom is -0.368 e. The van der Waals surface area contributed by atoms with E-state index in [4.69, 9.17) is 0 Å². The fraction of sp³-hybridized carbons (Fsp3) is 0.259. The summed E-state index contributed by atoms with van der Waals surface area (Å²) >= 11 is 0. The summed E-state index contributed by atoms with van der Waals surface area (Å²) in [5.41, 5.74) is 2.68. The molecule has 2 aromatic carbocycles. The predicted molar refractivity (Wildman–Crippen MR) is 128 cm³/mol. The number of nitrogens with zero attached hydrogens (tertiary/aromatic N) is 4. The molecule has 1 atom stereocenters. The van der Waals surface area contributed by atoms with E-state index in [1.54, 1.807) is 6.07 Å². The lowest BCUT2D eigenvalue weighted by atomic mass is 9.92. The Morgan fingerprint density at radius 3 is 2.40 bits per heavy atom. The number of carbonyl (C=O) groups is 1. The fourth-order valence-corrected chi connectivity index (χ4v) is 4.69. The minimum absolute atomic E-state index is 0.0217. The van der Waals surface area contributed by atoms with Gasteiger partial charge >= 0.3 is 6.18 Å². The van der Waals surface area contributed by atoms with Crippen LogP contribution in [-0.4, -0.2) is 46.4 Å². The molecule has 1 aliphatic heterocycles. The number of fused-ring (bicyclic) bond motifs is 1. The molecule has 35 heavy (non-hydrogen) atoms. The van der Waals surface area contributed by atoms with Crippen molar-refractivity contribution in [2.75, 3.05) is 31.1 Å². The zero-order chi connectivity index (χ0) is 24.4. The van der Waals surface area contributed by atoms with Gasteiger partial charge in [-0.05, 0) is 35.9 Å². The average molecular weight is 479 g/mol. The minimum atomic E-state index is -4.38. The van der Waals surface area contributed by atoms with Crippen LogP contribution in [0.2, 0.25) is 0 Å². The maximum Gasteiger partial charge on any atom is 0.416 e. The second-order valence-corrected chi connectivity index (χ2v) is 8.70. The quantitative estimate of drug-likeness (QED) is 0.395. The Kier molecular flexibility index (Phi) is 6.19. The maximum absolute atomic E-state index is 13.4. The van der Waals surface area contributed by atoms with Crippen LogP contribution in [0, 0.1) is 0 Å². The van der Waals surface area contributed by atoms with Crippen molar-refractivity contribution in [3.63, 3.8) is 0 Å². The molecule has 1 amide bonds. The number of hydrogen-bond donors (Lipinski definition) is 0. The number of rotatable bonds is 5. The molecule has 1 unspecified atom stereocenters. The van der Waals surface area contributed by atoms with Gasteiger partial charge < -0.3 is 14.2 Å². The summed E-state index contributed by atoms with van der Waals surface area (Å²) < 4.78 is 41.3. The number of benzene rings is 2. The van der Waals surface area contributed by atoms with Crippen LogP contribution in [0.4, 0.5) is 18.9 Å². The molecule has 0 aliphatic carbocycles. The highest BCUT2D eigenvalue weighted by atomic mass is 19.4. The molecule has 5 rings (SSSR count). The van der Waals surface area contributed by atoms with Gasteiger partial charge in [-0.2, -0.15) is 13.2 Å². The highest BCUT2D eigenvalue weighted by Crippen LogP contribution is 2.32. The smallest absolute Gasteiger partial charge is 0.368 e. The first-order valence-electron chi connectivity index (χ1n) is 11.6. The molecule has 1 saturated heterocycles. The van der Waals surface area contributed by atoms with Gasteiger partial charge in [0.25, 0.3) is 0 Å². The number of hydrogen-bond acceptors (Lipinski definition) is 3. The average Bonchev–Trinajstić information content (AvgIpc) is 3.31. The van der Waals surface area contributed by atoms with Gasteiger partial charge in [0.15, 0.2) is 0 Å². The van der Waals surface area contributed by atoms with Gasteiger partial charge in [-0.25, -0.2) is 4.98 Å².